The van der Waals surface area contributed by atoms with Gasteiger partial charge in [0.1, 0.15) is 0 Å². The summed E-state index contributed by atoms with van der Waals surface area (Å²) < 4.78 is 0. The molecule has 0 saturated carbocycles. The molecule has 43 heavy (non-hydrogen) atoms. The third-order valence-electron chi connectivity index (χ3n) is 8.26. The highest BCUT2D eigenvalue weighted by molar-refractivity contribution is 5.76. The molecule has 4 N–H and O–H groups in total. The van der Waals surface area contributed by atoms with Crippen LogP contribution in [0.25, 0.3) is 0 Å². The van der Waals surface area contributed by atoms with E-state index in [0.717, 1.165) is 89.9 Å². The summed E-state index contributed by atoms with van der Waals surface area (Å²) in [4.78, 5) is 37.7. The maximum atomic E-state index is 12.3. The van der Waals surface area contributed by atoms with Crippen LogP contribution < -0.4 is 5.90 Å². The quantitative estimate of drug-likeness (QED) is 0.0419. The van der Waals surface area contributed by atoms with Crippen molar-refractivity contribution in [3.63, 3.8) is 0 Å². The van der Waals surface area contributed by atoms with Gasteiger partial charge >= 0.3 is 17.9 Å². The van der Waals surface area contributed by atoms with Gasteiger partial charge in [-0.05, 0) is 57.8 Å². The zero-order valence-corrected chi connectivity index (χ0v) is 28.4. The Kier molecular flexibility index (Phi) is 33.2. The van der Waals surface area contributed by atoms with Crippen LogP contribution in [0, 0.1) is 5.41 Å². The molecule has 7 heteroatoms. The first-order valence-corrected chi connectivity index (χ1v) is 17.8. The minimum atomic E-state index is -0.728. The molecule has 0 aliphatic heterocycles. The van der Waals surface area contributed by atoms with Crippen LogP contribution in [0.1, 0.15) is 194 Å². The maximum Gasteiger partial charge on any atom is 0.330 e. The Balaban J connectivity index is 0. The lowest BCUT2D eigenvalue weighted by molar-refractivity contribution is -0.158. The number of nitrogens with two attached hydrogens (primary N) is 1. The van der Waals surface area contributed by atoms with E-state index in [2.05, 4.69) is 37.8 Å². The first-order valence-electron chi connectivity index (χ1n) is 17.8. The Labute approximate surface area is 264 Å². The monoisotopic (exact) mass is 612 g/mol. The van der Waals surface area contributed by atoms with E-state index in [-0.39, 0.29) is 12.4 Å². The molecule has 0 radical (unpaired) electrons. The van der Waals surface area contributed by atoms with Crippen LogP contribution in [0.3, 0.4) is 0 Å². The molecule has 0 aliphatic carbocycles. The van der Waals surface area contributed by atoms with Gasteiger partial charge in [-0.1, -0.05) is 136 Å². The molecule has 0 aromatic carbocycles. The largest absolute Gasteiger partial charge is 0.481 e. The number of rotatable bonds is 30. The second kappa shape index (κ2) is 33.0. The Morgan fingerprint density at radius 3 is 1.28 bits per heavy atom. The van der Waals surface area contributed by atoms with Crippen molar-refractivity contribution in [2.45, 2.75) is 194 Å². The molecule has 0 unspecified atom stereocenters. The van der Waals surface area contributed by atoms with E-state index in [4.69, 9.17) is 16.1 Å². The minimum absolute atomic E-state index is 0.246. The van der Waals surface area contributed by atoms with E-state index >= 15 is 0 Å². The van der Waals surface area contributed by atoms with Crippen molar-refractivity contribution < 1.29 is 29.4 Å². The summed E-state index contributed by atoms with van der Waals surface area (Å²) in [6.45, 7) is 6.51. The molecule has 0 saturated heterocycles. The van der Waals surface area contributed by atoms with Gasteiger partial charge in [0, 0.05) is 12.8 Å². The highest BCUT2D eigenvalue weighted by atomic mass is 16.7. The van der Waals surface area contributed by atoms with Crippen LogP contribution in [-0.4, -0.2) is 28.1 Å². The SMILES string of the molecule is CCCCC(CCCC)(CCCCCCCC(=O)O)C(=O)ON.CCCCCCCC/C=C\CCCCCCCC(=O)O. The summed E-state index contributed by atoms with van der Waals surface area (Å²) in [6.07, 6.45) is 32.8. The fourth-order valence-corrected chi connectivity index (χ4v) is 5.45. The zero-order valence-electron chi connectivity index (χ0n) is 28.4. The molecule has 0 heterocycles. The maximum absolute atomic E-state index is 12.3. The average molecular weight is 612 g/mol. The van der Waals surface area contributed by atoms with Crippen LogP contribution >= 0.6 is 0 Å². The van der Waals surface area contributed by atoms with E-state index in [1.807, 2.05) is 0 Å². The van der Waals surface area contributed by atoms with Crippen LogP contribution in [0.2, 0.25) is 0 Å². The smallest absolute Gasteiger partial charge is 0.330 e. The number of carbonyl (C=O) groups excluding carboxylic acids is 1. The van der Waals surface area contributed by atoms with Crippen molar-refractivity contribution in [1.82, 2.24) is 0 Å². The number of unbranched alkanes of at least 4 members (excludes halogenated alkanes) is 17. The number of carboxylic acid groups (broad SMARTS) is 2. The molecule has 0 amide bonds. The molecule has 0 rings (SSSR count). The lowest BCUT2D eigenvalue weighted by Gasteiger charge is -2.30. The number of aliphatic carboxylic acids is 2. The molecule has 0 aliphatic rings. The van der Waals surface area contributed by atoms with Gasteiger partial charge in [0.15, 0.2) is 0 Å². The van der Waals surface area contributed by atoms with E-state index in [9.17, 15) is 14.4 Å². The molecule has 0 bridgehead atoms. The molecule has 0 fully saturated rings. The Morgan fingerprint density at radius 2 is 0.884 bits per heavy atom. The van der Waals surface area contributed by atoms with Gasteiger partial charge < -0.3 is 15.1 Å². The number of hydrogen-bond acceptors (Lipinski definition) is 5. The van der Waals surface area contributed by atoms with Crippen LogP contribution in [0.4, 0.5) is 0 Å². The normalized spacial score (nSPS) is 11.3. The number of hydrogen-bond donors (Lipinski definition) is 3. The zero-order chi connectivity index (χ0) is 32.4. The van der Waals surface area contributed by atoms with Crippen molar-refractivity contribution in [2.75, 3.05) is 0 Å². The van der Waals surface area contributed by atoms with Gasteiger partial charge in [-0.3, -0.25) is 9.59 Å². The molecular formula is C36H69NO6. The van der Waals surface area contributed by atoms with Gasteiger partial charge in [-0.25, -0.2) is 4.79 Å². The fourth-order valence-electron chi connectivity index (χ4n) is 5.45. The number of carbonyl (C=O) groups is 3. The Bertz CT molecular complexity index is 671. The third-order valence-corrected chi connectivity index (χ3v) is 8.26. The predicted molar refractivity (Wildman–Crippen MR) is 179 cm³/mol. The third kappa shape index (κ3) is 29.9. The fraction of sp³-hybridized carbons (Fsp3) is 0.861. The van der Waals surface area contributed by atoms with Gasteiger partial charge in [-0.15, -0.1) is 0 Å². The Hall–Kier alpha value is -1.89. The summed E-state index contributed by atoms with van der Waals surface area (Å²) in [5, 5.41) is 17.1. The van der Waals surface area contributed by atoms with Crippen LogP contribution in [0.5, 0.6) is 0 Å². The molecular weight excluding hydrogens is 542 g/mol. The first-order chi connectivity index (χ1) is 20.8. The van der Waals surface area contributed by atoms with Gasteiger partial charge in [0.25, 0.3) is 0 Å². The summed E-state index contributed by atoms with van der Waals surface area (Å²) >= 11 is 0. The van der Waals surface area contributed by atoms with Crippen LogP contribution in [-0.2, 0) is 19.2 Å². The number of carboxylic acids is 2. The predicted octanol–water partition coefficient (Wildman–Crippen LogP) is 10.7. The standard InChI is InChI=1S/C18H35NO4.C18H34O2/c1-3-5-13-18(14-6-4-2,17(22)23-19)15-11-9-7-8-10-12-16(20)21;1-2-3-4-5-6-7-8-9-10-11-12-13-14-15-16-17-18(19)20/h3-15,19H2,1-2H3,(H,20,21);9-10H,2-8,11-17H2,1H3,(H,19,20)/b;10-9-. The lowest BCUT2D eigenvalue weighted by Crippen LogP contribution is -2.35. The van der Waals surface area contributed by atoms with Gasteiger partial charge in [0.05, 0.1) is 5.41 Å². The highest BCUT2D eigenvalue weighted by Gasteiger charge is 2.38. The van der Waals surface area contributed by atoms with E-state index in [1.54, 1.807) is 0 Å². The summed E-state index contributed by atoms with van der Waals surface area (Å²) in [6, 6.07) is 0. The van der Waals surface area contributed by atoms with Gasteiger partial charge in [0.2, 0.25) is 0 Å². The summed E-state index contributed by atoms with van der Waals surface area (Å²) in [5.74, 6) is 3.54. The molecule has 254 valence electrons. The summed E-state index contributed by atoms with van der Waals surface area (Å²) in [5.41, 5.74) is -0.429. The number of allylic oxidation sites excluding steroid dienone is 2. The van der Waals surface area contributed by atoms with Crippen molar-refractivity contribution in [3.05, 3.63) is 12.2 Å². The average Bonchev–Trinajstić information content (AvgIpc) is 2.99. The molecule has 7 nitrogen and oxygen atoms in total. The van der Waals surface area contributed by atoms with Crippen molar-refractivity contribution in [3.8, 4) is 0 Å². The first kappa shape index (κ1) is 43.2. The summed E-state index contributed by atoms with van der Waals surface area (Å²) in [7, 11) is 0. The van der Waals surface area contributed by atoms with Crippen LogP contribution in [0.15, 0.2) is 12.2 Å². The minimum Gasteiger partial charge on any atom is -0.481 e. The van der Waals surface area contributed by atoms with E-state index in [1.165, 1.54) is 70.6 Å². The second-order valence-corrected chi connectivity index (χ2v) is 12.3. The molecule has 0 atom stereocenters. The van der Waals surface area contributed by atoms with Crippen molar-refractivity contribution in [1.29, 1.82) is 0 Å². The molecule has 0 aromatic heterocycles. The van der Waals surface area contributed by atoms with E-state index < -0.39 is 17.4 Å². The van der Waals surface area contributed by atoms with Gasteiger partial charge in [-0.2, -0.15) is 5.90 Å². The topological polar surface area (TPSA) is 127 Å². The second-order valence-electron chi connectivity index (χ2n) is 12.3. The Morgan fingerprint density at radius 1 is 0.535 bits per heavy atom. The molecule has 0 aromatic rings. The highest BCUT2D eigenvalue weighted by Crippen LogP contribution is 2.38. The van der Waals surface area contributed by atoms with E-state index in [0.29, 0.717) is 6.42 Å². The van der Waals surface area contributed by atoms with Crippen molar-refractivity contribution in [2.24, 2.45) is 11.3 Å². The van der Waals surface area contributed by atoms with Crippen molar-refractivity contribution >= 4 is 17.9 Å². The lowest BCUT2D eigenvalue weighted by atomic mass is 9.74. The molecule has 0 spiro atoms.